The molecule has 7 heteroatoms. The van der Waals surface area contributed by atoms with Crippen molar-refractivity contribution < 1.29 is 8.78 Å². The molecule has 0 amide bonds. The second-order valence-corrected chi connectivity index (χ2v) is 6.81. The van der Waals surface area contributed by atoms with Gasteiger partial charge >= 0.3 is 0 Å². The zero-order chi connectivity index (χ0) is 16.6. The third-order valence-corrected chi connectivity index (χ3v) is 4.52. The topological polar surface area (TPSA) is 17.8 Å². The summed E-state index contributed by atoms with van der Waals surface area (Å²) in [6.07, 6.45) is 3.49. The molecule has 0 atom stereocenters. The zero-order valence-electron chi connectivity index (χ0n) is 11.5. The van der Waals surface area contributed by atoms with Gasteiger partial charge < -0.3 is 4.57 Å². The molecule has 0 aliphatic rings. The standard InChI is InChI=1S/C16H9Cl2F2IN2/c17-11-5-9(1-3-13(11)19)16(23-7-15(21)22-8-23)10-2-4-14(20)12(18)6-10/h1-8,16H. The lowest BCUT2D eigenvalue weighted by Gasteiger charge is -2.20. The first-order valence-corrected chi connectivity index (χ1v) is 8.38. The first-order valence-electron chi connectivity index (χ1n) is 6.54. The average Bonchev–Trinajstić information content (AvgIpc) is 2.93. The molecule has 0 N–H and O–H groups in total. The second-order valence-electron chi connectivity index (χ2n) is 4.89. The van der Waals surface area contributed by atoms with Crippen LogP contribution in [-0.4, -0.2) is 9.55 Å². The number of halogens is 5. The molecule has 3 rings (SSSR count). The molecular weight excluding hydrogens is 456 g/mol. The predicted molar refractivity (Wildman–Crippen MR) is 95.0 cm³/mol. The Bertz CT molecular complexity index is 816. The van der Waals surface area contributed by atoms with Gasteiger partial charge in [0.1, 0.15) is 15.3 Å². The maximum absolute atomic E-state index is 13.5. The van der Waals surface area contributed by atoms with Crippen molar-refractivity contribution in [2.24, 2.45) is 0 Å². The number of rotatable bonds is 3. The van der Waals surface area contributed by atoms with Crippen LogP contribution in [0.2, 0.25) is 10.0 Å². The summed E-state index contributed by atoms with van der Waals surface area (Å²) < 4.78 is 29.6. The summed E-state index contributed by atoms with van der Waals surface area (Å²) in [6.45, 7) is 0. The first kappa shape index (κ1) is 16.7. The number of aromatic nitrogens is 2. The van der Waals surface area contributed by atoms with Gasteiger partial charge in [-0.3, -0.25) is 0 Å². The third kappa shape index (κ3) is 3.51. The van der Waals surface area contributed by atoms with Crippen LogP contribution in [0.25, 0.3) is 0 Å². The SMILES string of the molecule is Fc1ccc(C(c2ccc(F)c(Cl)c2)n2cnc(I)c2)cc1Cl. The van der Waals surface area contributed by atoms with E-state index in [1.54, 1.807) is 30.6 Å². The molecule has 1 heterocycles. The summed E-state index contributed by atoms with van der Waals surface area (Å²) in [5, 5.41) is 0.0473. The lowest BCUT2D eigenvalue weighted by atomic mass is 9.98. The summed E-state index contributed by atoms with van der Waals surface area (Å²) in [4.78, 5) is 4.20. The second kappa shape index (κ2) is 6.75. The average molecular weight is 465 g/mol. The van der Waals surface area contributed by atoms with Crippen LogP contribution < -0.4 is 0 Å². The van der Waals surface area contributed by atoms with E-state index in [0.29, 0.717) is 0 Å². The van der Waals surface area contributed by atoms with Crippen LogP contribution in [0.4, 0.5) is 8.78 Å². The van der Waals surface area contributed by atoms with E-state index in [9.17, 15) is 8.78 Å². The van der Waals surface area contributed by atoms with Crippen LogP contribution in [-0.2, 0) is 0 Å². The van der Waals surface area contributed by atoms with Gasteiger partial charge in [-0.05, 0) is 58.0 Å². The Hall–Kier alpha value is -1.18. The van der Waals surface area contributed by atoms with Gasteiger partial charge in [0.25, 0.3) is 0 Å². The van der Waals surface area contributed by atoms with Crippen LogP contribution in [0, 0.1) is 15.3 Å². The maximum atomic E-state index is 13.5. The fourth-order valence-corrected chi connectivity index (χ4v) is 3.18. The Kier molecular flexibility index (Phi) is 4.89. The largest absolute Gasteiger partial charge is 0.325 e. The van der Waals surface area contributed by atoms with Crippen molar-refractivity contribution >= 4 is 45.8 Å². The van der Waals surface area contributed by atoms with E-state index in [0.717, 1.165) is 14.8 Å². The Morgan fingerprint density at radius 2 is 1.48 bits per heavy atom. The van der Waals surface area contributed by atoms with Crippen LogP contribution in [0.3, 0.4) is 0 Å². The minimum absolute atomic E-state index is 0.0236. The number of hydrogen-bond donors (Lipinski definition) is 0. The molecule has 1 aromatic heterocycles. The lowest BCUT2D eigenvalue weighted by Crippen LogP contribution is -2.11. The maximum Gasteiger partial charge on any atom is 0.141 e. The van der Waals surface area contributed by atoms with Crippen LogP contribution in [0.1, 0.15) is 17.2 Å². The quantitative estimate of drug-likeness (QED) is 0.454. The van der Waals surface area contributed by atoms with Crippen molar-refractivity contribution in [2.75, 3.05) is 0 Å². The van der Waals surface area contributed by atoms with Gasteiger partial charge in [0, 0.05) is 6.20 Å². The number of benzene rings is 2. The molecule has 0 saturated carbocycles. The van der Waals surface area contributed by atoms with E-state index in [1.165, 1.54) is 12.1 Å². The van der Waals surface area contributed by atoms with Gasteiger partial charge in [0.2, 0.25) is 0 Å². The molecule has 2 nitrogen and oxygen atoms in total. The van der Waals surface area contributed by atoms with Gasteiger partial charge in [0.05, 0.1) is 22.4 Å². The van der Waals surface area contributed by atoms with Crippen molar-refractivity contribution in [3.05, 3.63) is 85.4 Å². The van der Waals surface area contributed by atoms with Crippen molar-refractivity contribution in [2.45, 2.75) is 6.04 Å². The molecule has 118 valence electrons. The fourth-order valence-electron chi connectivity index (χ4n) is 2.35. The van der Waals surface area contributed by atoms with Crippen LogP contribution in [0.5, 0.6) is 0 Å². The van der Waals surface area contributed by atoms with E-state index in [2.05, 4.69) is 27.6 Å². The first-order chi connectivity index (χ1) is 11.0. The number of hydrogen-bond acceptors (Lipinski definition) is 1. The number of nitrogens with zero attached hydrogens (tertiary/aromatic N) is 2. The molecule has 0 unspecified atom stereocenters. The van der Waals surface area contributed by atoms with E-state index in [-0.39, 0.29) is 16.1 Å². The van der Waals surface area contributed by atoms with Crippen LogP contribution in [0.15, 0.2) is 48.9 Å². The van der Waals surface area contributed by atoms with Gasteiger partial charge in [-0.15, -0.1) is 0 Å². The normalized spacial score (nSPS) is 11.2. The van der Waals surface area contributed by atoms with E-state index in [1.807, 2.05) is 10.8 Å². The predicted octanol–water partition coefficient (Wildman–Crippen LogP) is 5.71. The lowest BCUT2D eigenvalue weighted by molar-refractivity contribution is 0.618. The third-order valence-electron chi connectivity index (χ3n) is 3.39. The summed E-state index contributed by atoms with van der Waals surface area (Å²) in [5.41, 5.74) is 1.49. The molecule has 23 heavy (non-hydrogen) atoms. The van der Waals surface area contributed by atoms with Gasteiger partial charge in [-0.25, -0.2) is 13.8 Å². The Morgan fingerprint density at radius 1 is 0.957 bits per heavy atom. The molecule has 0 radical (unpaired) electrons. The van der Waals surface area contributed by atoms with Gasteiger partial charge in [0.15, 0.2) is 0 Å². The van der Waals surface area contributed by atoms with E-state index < -0.39 is 11.6 Å². The zero-order valence-corrected chi connectivity index (χ0v) is 15.1. The molecule has 0 fully saturated rings. The summed E-state index contributed by atoms with van der Waals surface area (Å²) in [5.74, 6) is -0.988. The van der Waals surface area contributed by atoms with Crippen molar-refractivity contribution in [3.8, 4) is 0 Å². The van der Waals surface area contributed by atoms with E-state index in [4.69, 9.17) is 23.2 Å². The molecule has 0 spiro atoms. The highest BCUT2D eigenvalue weighted by Crippen LogP contribution is 2.31. The highest BCUT2D eigenvalue weighted by Gasteiger charge is 2.19. The molecule has 0 aliphatic heterocycles. The number of imidazole rings is 1. The molecule has 0 aliphatic carbocycles. The van der Waals surface area contributed by atoms with Crippen molar-refractivity contribution in [3.63, 3.8) is 0 Å². The summed E-state index contributed by atoms with van der Waals surface area (Å²) in [6, 6.07) is 8.63. The Labute approximate surface area is 155 Å². The minimum Gasteiger partial charge on any atom is -0.325 e. The Morgan fingerprint density at radius 3 is 1.87 bits per heavy atom. The van der Waals surface area contributed by atoms with Crippen LogP contribution >= 0.6 is 45.8 Å². The Balaban J connectivity index is 2.17. The molecule has 0 bridgehead atoms. The summed E-state index contributed by atoms with van der Waals surface area (Å²) >= 11 is 13.9. The summed E-state index contributed by atoms with van der Waals surface area (Å²) in [7, 11) is 0. The molecule has 3 aromatic rings. The fraction of sp³-hybridized carbons (Fsp3) is 0.0625. The smallest absolute Gasteiger partial charge is 0.141 e. The molecular formula is C16H9Cl2F2IN2. The van der Waals surface area contributed by atoms with Crippen molar-refractivity contribution in [1.29, 1.82) is 0 Å². The highest BCUT2D eigenvalue weighted by molar-refractivity contribution is 14.1. The monoisotopic (exact) mass is 464 g/mol. The molecule has 0 saturated heterocycles. The van der Waals surface area contributed by atoms with Gasteiger partial charge in [-0.1, -0.05) is 35.3 Å². The van der Waals surface area contributed by atoms with E-state index >= 15 is 0 Å². The van der Waals surface area contributed by atoms with Crippen molar-refractivity contribution in [1.82, 2.24) is 9.55 Å². The highest BCUT2D eigenvalue weighted by atomic mass is 127. The van der Waals surface area contributed by atoms with Gasteiger partial charge in [-0.2, -0.15) is 0 Å². The molecule has 2 aromatic carbocycles. The minimum atomic E-state index is -0.494.